The Labute approximate surface area is 450 Å². The molecule has 0 radical (unpaired) electrons. The second-order valence-electron chi connectivity index (χ2n) is 19.5. The van der Waals surface area contributed by atoms with E-state index in [4.69, 9.17) is 14.2 Å². The van der Waals surface area contributed by atoms with Crippen molar-refractivity contribution in [1.82, 2.24) is 0 Å². The van der Waals surface area contributed by atoms with Crippen LogP contribution in [0.1, 0.15) is 265 Å². The molecule has 0 N–H and O–H groups in total. The van der Waals surface area contributed by atoms with Crippen molar-refractivity contribution in [3.05, 3.63) is 122 Å². The van der Waals surface area contributed by atoms with Gasteiger partial charge in [-0.25, -0.2) is 0 Å². The number of esters is 3. The topological polar surface area (TPSA) is 78.9 Å². The Bertz CT molecular complexity index is 1540. The van der Waals surface area contributed by atoms with E-state index in [0.29, 0.717) is 12.8 Å². The highest BCUT2D eigenvalue weighted by molar-refractivity contribution is 5.71. The van der Waals surface area contributed by atoms with E-state index < -0.39 is 6.10 Å². The van der Waals surface area contributed by atoms with Crippen LogP contribution in [0.4, 0.5) is 0 Å². The predicted molar refractivity (Wildman–Crippen MR) is 316 cm³/mol. The maximum atomic E-state index is 12.8. The van der Waals surface area contributed by atoms with Crippen molar-refractivity contribution in [2.24, 2.45) is 0 Å². The number of ether oxygens (including phenoxy) is 3. The molecule has 1 atom stereocenters. The van der Waals surface area contributed by atoms with Gasteiger partial charge in [0.15, 0.2) is 6.10 Å². The van der Waals surface area contributed by atoms with Crippen molar-refractivity contribution >= 4 is 17.9 Å². The Morgan fingerprint density at radius 3 is 0.849 bits per heavy atom. The highest BCUT2D eigenvalue weighted by atomic mass is 16.6. The summed E-state index contributed by atoms with van der Waals surface area (Å²) in [6.45, 7) is 6.36. The van der Waals surface area contributed by atoms with Crippen molar-refractivity contribution in [3.8, 4) is 0 Å². The predicted octanol–water partition coefficient (Wildman–Crippen LogP) is 20.4. The molecule has 0 spiro atoms. The minimum atomic E-state index is -0.797. The van der Waals surface area contributed by atoms with Gasteiger partial charge >= 0.3 is 17.9 Å². The van der Waals surface area contributed by atoms with Crippen LogP contribution in [-0.2, 0) is 28.6 Å². The molecular weight excluding hydrogens is 901 g/mol. The van der Waals surface area contributed by atoms with Crippen molar-refractivity contribution in [1.29, 1.82) is 0 Å². The summed E-state index contributed by atoms with van der Waals surface area (Å²) in [5.41, 5.74) is 0. The zero-order chi connectivity index (χ0) is 52.9. The van der Waals surface area contributed by atoms with E-state index in [9.17, 15) is 14.4 Å². The first kappa shape index (κ1) is 68.8. The Hall–Kier alpha value is -4.19. The van der Waals surface area contributed by atoms with Crippen LogP contribution >= 0.6 is 0 Å². The van der Waals surface area contributed by atoms with Gasteiger partial charge in [-0.3, -0.25) is 14.4 Å². The number of carbonyl (C=O) groups is 3. The second kappa shape index (κ2) is 60.4. The minimum Gasteiger partial charge on any atom is -0.462 e. The van der Waals surface area contributed by atoms with Crippen LogP contribution in [0.25, 0.3) is 0 Å². The molecule has 0 rings (SSSR count). The lowest BCUT2D eigenvalue weighted by Crippen LogP contribution is -2.30. The third-order valence-corrected chi connectivity index (χ3v) is 12.5. The van der Waals surface area contributed by atoms with Crippen LogP contribution in [0.15, 0.2) is 122 Å². The molecule has 6 heteroatoms. The van der Waals surface area contributed by atoms with Gasteiger partial charge in [-0.05, 0) is 109 Å². The standard InChI is InChI=1S/C67H110O6/c1-4-7-10-13-16-19-21-23-25-27-29-30-31-32-33-34-35-36-38-39-41-43-45-48-51-54-57-60-66(69)72-63-64(62-71-65(68)59-56-53-50-47-18-15-12-9-6-3)73-67(70)61-58-55-52-49-46-44-42-40-37-28-26-24-22-20-17-14-11-8-5-2/h7-8,10-11,16-17,19-20,23-26,29-30,32-33,37,40,44,46,64H,4-6,9,12-15,18,21-22,27-28,31,34-36,38-39,41-43,45,47-63H2,1-3H3/b10-7-,11-8-,19-16-,20-17-,25-23-,26-24-,30-29-,33-32-,40-37-,46-44-. The van der Waals surface area contributed by atoms with Gasteiger partial charge in [-0.1, -0.05) is 258 Å². The highest BCUT2D eigenvalue weighted by Crippen LogP contribution is 2.15. The van der Waals surface area contributed by atoms with E-state index in [0.717, 1.165) is 128 Å². The first-order chi connectivity index (χ1) is 36.0. The summed E-state index contributed by atoms with van der Waals surface area (Å²) in [5, 5.41) is 0. The summed E-state index contributed by atoms with van der Waals surface area (Å²) in [5.74, 6) is -0.931. The minimum absolute atomic E-state index is 0.0928. The van der Waals surface area contributed by atoms with Crippen LogP contribution in [0.5, 0.6) is 0 Å². The lowest BCUT2D eigenvalue weighted by Gasteiger charge is -2.18. The molecule has 0 aromatic heterocycles. The molecule has 73 heavy (non-hydrogen) atoms. The molecule has 0 bridgehead atoms. The molecule has 0 aliphatic carbocycles. The molecule has 0 aromatic carbocycles. The van der Waals surface area contributed by atoms with Crippen LogP contribution in [-0.4, -0.2) is 37.2 Å². The number of hydrogen-bond acceptors (Lipinski definition) is 6. The number of allylic oxidation sites excluding steroid dienone is 20. The van der Waals surface area contributed by atoms with E-state index in [2.05, 4.69) is 142 Å². The zero-order valence-corrected chi connectivity index (χ0v) is 47.4. The van der Waals surface area contributed by atoms with E-state index in [1.54, 1.807) is 0 Å². The summed E-state index contributed by atoms with van der Waals surface area (Å²) < 4.78 is 16.8. The smallest absolute Gasteiger partial charge is 0.306 e. The first-order valence-corrected chi connectivity index (χ1v) is 30.0. The van der Waals surface area contributed by atoms with Gasteiger partial charge in [0.25, 0.3) is 0 Å². The van der Waals surface area contributed by atoms with E-state index in [1.807, 2.05) is 0 Å². The van der Waals surface area contributed by atoms with Gasteiger partial charge in [0.2, 0.25) is 0 Å². The number of hydrogen-bond donors (Lipinski definition) is 0. The Morgan fingerprint density at radius 1 is 0.288 bits per heavy atom. The molecule has 0 aliphatic rings. The van der Waals surface area contributed by atoms with Gasteiger partial charge in [0.05, 0.1) is 0 Å². The fraction of sp³-hybridized carbons (Fsp3) is 0.657. The van der Waals surface area contributed by atoms with Crippen LogP contribution < -0.4 is 0 Å². The van der Waals surface area contributed by atoms with Crippen LogP contribution in [0, 0.1) is 0 Å². The summed E-state index contributed by atoms with van der Waals surface area (Å²) in [4.78, 5) is 38.1. The lowest BCUT2D eigenvalue weighted by atomic mass is 10.0. The second-order valence-corrected chi connectivity index (χ2v) is 19.5. The quantitative estimate of drug-likeness (QED) is 0.0261. The van der Waals surface area contributed by atoms with Gasteiger partial charge in [-0.2, -0.15) is 0 Å². The highest BCUT2D eigenvalue weighted by Gasteiger charge is 2.19. The third kappa shape index (κ3) is 58.6. The van der Waals surface area contributed by atoms with E-state index >= 15 is 0 Å². The van der Waals surface area contributed by atoms with Gasteiger partial charge < -0.3 is 14.2 Å². The van der Waals surface area contributed by atoms with Crippen molar-refractivity contribution in [2.75, 3.05) is 13.2 Å². The maximum absolute atomic E-state index is 12.8. The average Bonchev–Trinajstić information content (AvgIpc) is 3.39. The van der Waals surface area contributed by atoms with Crippen LogP contribution in [0.3, 0.4) is 0 Å². The molecule has 0 amide bonds. The average molecular weight is 1010 g/mol. The number of unbranched alkanes of at least 4 members (excludes halogenated alkanes) is 22. The largest absolute Gasteiger partial charge is 0.462 e. The molecule has 1 unspecified atom stereocenters. The van der Waals surface area contributed by atoms with Crippen molar-refractivity contribution in [3.63, 3.8) is 0 Å². The molecule has 0 aromatic rings. The first-order valence-electron chi connectivity index (χ1n) is 30.0. The monoisotopic (exact) mass is 1010 g/mol. The molecule has 6 nitrogen and oxygen atoms in total. The van der Waals surface area contributed by atoms with Crippen LogP contribution in [0.2, 0.25) is 0 Å². The van der Waals surface area contributed by atoms with Crippen molar-refractivity contribution < 1.29 is 28.6 Å². The Balaban J connectivity index is 4.29. The number of carbonyl (C=O) groups excluding carboxylic acids is 3. The van der Waals surface area contributed by atoms with Gasteiger partial charge in [0.1, 0.15) is 13.2 Å². The summed E-state index contributed by atoms with van der Waals surface area (Å²) in [7, 11) is 0. The molecule has 0 heterocycles. The summed E-state index contributed by atoms with van der Waals surface area (Å²) >= 11 is 0. The molecule has 414 valence electrons. The Morgan fingerprint density at radius 2 is 0.534 bits per heavy atom. The summed E-state index contributed by atoms with van der Waals surface area (Å²) in [6.07, 6.45) is 83.5. The number of rotatable bonds is 53. The zero-order valence-electron chi connectivity index (χ0n) is 47.4. The van der Waals surface area contributed by atoms with Gasteiger partial charge in [0, 0.05) is 19.3 Å². The third-order valence-electron chi connectivity index (χ3n) is 12.5. The SMILES string of the molecule is CC/C=C\C/C=C\C/C=C\C/C=C\C/C=C\CCCCCCCCCCCCCC(=O)OCC(COC(=O)CCCCCCCCCCC)OC(=O)CCCCC/C=C\C/C=C\C/C=C\C/C=C\C/C=C\CC. The Kier molecular flexibility index (Phi) is 56.9. The molecule has 0 aliphatic heterocycles. The molecule has 0 fully saturated rings. The lowest BCUT2D eigenvalue weighted by molar-refractivity contribution is -0.167. The maximum Gasteiger partial charge on any atom is 0.306 e. The molecular formula is C67H110O6. The normalized spacial score (nSPS) is 13.0. The summed E-state index contributed by atoms with van der Waals surface area (Å²) in [6, 6.07) is 0. The van der Waals surface area contributed by atoms with Gasteiger partial charge in [-0.15, -0.1) is 0 Å². The van der Waals surface area contributed by atoms with E-state index in [1.165, 1.54) is 96.3 Å². The fourth-order valence-corrected chi connectivity index (χ4v) is 8.03. The fourth-order valence-electron chi connectivity index (χ4n) is 8.03. The van der Waals surface area contributed by atoms with E-state index in [-0.39, 0.29) is 37.5 Å². The molecule has 0 saturated heterocycles. The van der Waals surface area contributed by atoms with Crippen molar-refractivity contribution in [2.45, 2.75) is 271 Å². The molecule has 0 saturated carbocycles.